The van der Waals surface area contributed by atoms with Crippen LogP contribution in [0.25, 0.3) is 0 Å². The van der Waals surface area contributed by atoms with Crippen LogP contribution in [0, 0.1) is 0 Å². The summed E-state index contributed by atoms with van der Waals surface area (Å²) in [5, 5.41) is 2.05. The predicted molar refractivity (Wildman–Crippen MR) is 96.6 cm³/mol. The molecule has 2 rings (SSSR count). The number of nitrogens with zero attached hydrogens (tertiary/aromatic N) is 1. The Hall–Kier alpha value is -0.910. The first-order valence-electron chi connectivity index (χ1n) is 6.15. The molecule has 0 aliphatic rings. The number of allylic oxidation sites excluding steroid dienone is 1. The van der Waals surface area contributed by atoms with Gasteiger partial charge in [0.25, 0.3) is 0 Å². The fourth-order valence-corrected chi connectivity index (χ4v) is 3.42. The molecule has 0 atom stereocenters. The van der Waals surface area contributed by atoms with Crippen molar-refractivity contribution in [3.63, 3.8) is 0 Å². The van der Waals surface area contributed by atoms with E-state index in [1.165, 1.54) is 6.08 Å². The molecule has 1 heterocycles. The fourth-order valence-electron chi connectivity index (χ4n) is 1.59. The Kier molecular flexibility index (Phi) is 6.62. The highest BCUT2D eigenvalue weighted by molar-refractivity contribution is 8.02. The number of ketones is 1. The number of rotatable bonds is 5. The molecule has 1 aromatic heterocycles. The molecule has 0 radical (unpaired) electrons. The van der Waals surface area contributed by atoms with Gasteiger partial charge in [0, 0.05) is 5.56 Å². The summed E-state index contributed by atoms with van der Waals surface area (Å²) < 4.78 is 5.04. The number of halogens is 4. The second kappa shape index (κ2) is 8.27. The molecule has 0 fully saturated rings. The molecule has 0 amide bonds. The summed E-state index contributed by atoms with van der Waals surface area (Å²) in [5.74, 6) is 0.512. The Morgan fingerprint density at radius 2 is 1.65 bits per heavy atom. The highest BCUT2D eigenvalue weighted by Gasteiger charge is 2.15. The van der Waals surface area contributed by atoms with Gasteiger partial charge in [0.05, 0.1) is 22.1 Å². The maximum atomic E-state index is 12.1. The summed E-state index contributed by atoms with van der Waals surface area (Å²) in [4.78, 5) is 16.3. The summed E-state index contributed by atoms with van der Waals surface area (Å²) in [6, 6.07) is 6.78. The van der Waals surface area contributed by atoms with E-state index in [0.29, 0.717) is 16.2 Å². The lowest BCUT2D eigenvalue weighted by molar-refractivity contribution is 0.104. The number of thioether (sulfide) groups is 1. The van der Waals surface area contributed by atoms with E-state index < -0.39 is 0 Å². The molecule has 0 unspecified atom stereocenters. The highest BCUT2D eigenvalue weighted by Crippen LogP contribution is 2.41. The number of pyridine rings is 1. The van der Waals surface area contributed by atoms with Crippen LogP contribution < -0.4 is 4.74 Å². The van der Waals surface area contributed by atoms with Gasteiger partial charge in [-0.05, 0) is 35.7 Å². The lowest BCUT2D eigenvalue weighted by Gasteiger charge is -2.06. The van der Waals surface area contributed by atoms with Crippen molar-refractivity contribution >= 4 is 63.9 Å². The number of hydrogen-bond acceptors (Lipinski definition) is 4. The minimum absolute atomic E-state index is 0.0541. The molecule has 0 aliphatic heterocycles. The lowest BCUT2D eigenvalue weighted by atomic mass is 10.1. The molecular weight excluding hydrogens is 400 g/mol. The van der Waals surface area contributed by atoms with Crippen molar-refractivity contribution in [2.24, 2.45) is 0 Å². The van der Waals surface area contributed by atoms with Crippen molar-refractivity contribution in [2.45, 2.75) is 4.90 Å². The van der Waals surface area contributed by atoms with E-state index in [1.807, 2.05) is 0 Å². The molecule has 3 nitrogen and oxygen atoms in total. The highest BCUT2D eigenvalue weighted by atomic mass is 35.5. The molecule has 0 spiro atoms. The first kappa shape index (κ1) is 18.4. The second-order valence-corrected chi connectivity index (χ2v) is 6.55. The van der Waals surface area contributed by atoms with Gasteiger partial charge in [-0.3, -0.25) is 4.79 Å². The monoisotopic (exact) mass is 407 g/mol. The number of aromatic nitrogens is 1. The average molecular weight is 409 g/mol. The van der Waals surface area contributed by atoms with E-state index >= 15 is 0 Å². The fraction of sp³-hybridized carbons (Fsp3) is 0.0667. The van der Waals surface area contributed by atoms with Gasteiger partial charge in [-0.1, -0.05) is 58.2 Å². The van der Waals surface area contributed by atoms with E-state index in [9.17, 15) is 4.79 Å². The van der Waals surface area contributed by atoms with E-state index in [1.54, 1.807) is 36.8 Å². The normalized spacial score (nSPS) is 11.0. The zero-order valence-electron chi connectivity index (χ0n) is 11.6. The van der Waals surface area contributed by atoms with Crippen LogP contribution in [0.15, 0.2) is 40.6 Å². The topological polar surface area (TPSA) is 39.2 Å². The van der Waals surface area contributed by atoms with Crippen LogP contribution in [0.4, 0.5) is 0 Å². The molecule has 0 saturated heterocycles. The van der Waals surface area contributed by atoms with Crippen molar-refractivity contribution in [3.05, 3.63) is 61.7 Å². The van der Waals surface area contributed by atoms with E-state index in [4.69, 9.17) is 51.1 Å². The maximum Gasteiger partial charge on any atom is 0.186 e. The Morgan fingerprint density at radius 3 is 2.17 bits per heavy atom. The van der Waals surface area contributed by atoms with Gasteiger partial charge in [0.2, 0.25) is 0 Å². The van der Waals surface area contributed by atoms with Gasteiger partial charge in [-0.15, -0.1) is 0 Å². The summed E-state index contributed by atoms with van der Waals surface area (Å²) in [7, 11) is 1.56. The summed E-state index contributed by atoms with van der Waals surface area (Å²) in [6.45, 7) is 0. The van der Waals surface area contributed by atoms with E-state index in [2.05, 4.69) is 4.98 Å². The first-order valence-corrected chi connectivity index (χ1v) is 8.54. The Balaban J connectivity index is 2.14. The van der Waals surface area contributed by atoms with Gasteiger partial charge < -0.3 is 4.74 Å². The van der Waals surface area contributed by atoms with Crippen LogP contribution in [0.5, 0.6) is 5.75 Å². The van der Waals surface area contributed by atoms with Crippen molar-refractivity contribution in [3.8, 4) is 5.75 Å². The third kappa shape index (κ3) is 4.55. The standard InChI is InChI=1S/C15H9Cl4NO2S/c1-22-9-4-2-8(3-5-9)10(21)6-7-23-13-11(16)14(18)20-15(19)12(13)17/h2-7H,1H3/b7-6+. The van der Waals surface area contributed by atoms with Crippen LogP contribution in [0.2, 0.25) is 20.4 Å². The van der Waals surface area contributed by atoms with Gasteiger partial charge >= 0.3 is 0 Å². The molecule has 8 heteroatoms. The number of carbonyl (C=O) groups excluding carboxylic acids is 1. The molecule has 0 aliphatic carbocycles. The van der Waals surface area contributed by atoms with Crippen molar-refractivity contribution in [1.29, 1.82) is 0 Å². The summed E-state index contributed by atoms with van der Waals surface area (Å²) in [5.41, 5.74) is 0.533. The SMILES string of the molecule is COc1ccc(C(=O)/C=C/Sc2c(Cl)c(Cl)nc(Cl)c2Cl)cc1. The number of benzene rings is 1. The van der Waals surface area contributed by atoms with Crippen molar-refractivity contribution in [2.75, 3.05) is 7.11 Å². The molecule has 0 bridgehead atoms. The number of hydrogen-bond donors (Lipinski definition) is 0. The van der Waals surface area contributed by atoms with Crippen LogP contribution in [0.1, 0.15) is 10.4 Å². The smallest absolute Gasteiger partial charge is 0.186 e. The third-order valence-electron chi connectivity index (χ3n) is 2.74. The second-order valence-electron chi connectivity index (χ2n) is 4.16. The van der Waals surface area contributed by atoms with Gasteiger partial charge in [-0.25, -0.2) is 4.98 Å². The van der Waals surface area contributed by atoms with Crippen molar-refractivity contribution in [1.82, 2.24) is 4.98 Å². The Bertz CT molecular complexity index is 737. The molecule has 2 aromatic rings. The van der Waals surface area contributed by atoms with Crippen LogP contribution in [-0.2, 0) is 0 Å². The first-order chi connectivity index (χ1) is 10.9. The van der Waals surface area contributed by atoms with Gasteiger partial charge in [0.15, 0.2) is 16.1 Å². The minimum atomic E-state index is -0.168. The van der Waals surface area contributed by atoms with E-state index in [0.717, 1.165) is 11.8 Å². The summed E-state index contributed by atoms with van der Waals surface area (Å²) in [6.07, 6.45) is 1.40. The third-order valence-corrected chi connectivity index (χ3v) is 5.35. The Morgan fingerprint density at radius 1 is 1.09 bits per heavy atom. The molecule has 0 saturated carbocycles. The maximum absolute atomic E-state index is 12.1. The van der Waals surface area contributed by atoms with Gasteiger partial charge in [-0.2, -0.15) is 0 Å². The Labute approximate surface area is 157 Å². The van der Waals surface area contributed by atoms with Gasteiger partial charge in [0.1, 0.15) is 5.75 Å². The van der Waals surface area contributed by atoms with Crippen LogP contribution in [-0.4, -0.2) is 17.9 Å². The lowest BCUT2D eigenvalue weighted by Crippen LogP contribution is -1.93. The largest absolute Gasteiger partial charge is 0.497 e. The van der Waals surface area contributed by atoms with Crippen molar-refractivity contribution < 1.29 is 9.53 Å². The quantitative estimate of drug-likeness (QED) is 0.256. The van der Waals surface area contributed by atoms with E-state index in [-0.39, 0.29) is 26.1 Å². The predicted octanol–water partition coefficient (Wildman–Crippen LogP) is 6.19. The number of carbonyl (C=O) groups is 1. The zero-order valence-corrected chi connectivity index (χ0v) is 15.5. The number of ether oxygens (including phenoxy) is 1. The molecule has 120 valence electrons. The molecule has 23 heavy (non-hydrogen) atoms. The molecule has 0 N–H and O–H groups in total. The van der Waals surface area contributed by atoms with Crippen LogP contribution >= 0.6 is 58.2 Å². The zero-order chi connectivity index (χ0) is 17.0. The minimum Gasteiger partial charge on any atom is -0.497 e. The number of methoxy groups -OCH3 is 1. The average Bonchev–Trinajstić information content (AvgIpc) is 2.56. The van der Waals surface area contributed by atoms with Crippen LogP contribution in [0.3, 0.4) is 0 Å². The summed E-state index contributed by atoms with van der Waals surface area (Å²) >= 11 is 24.9. The molecule has 1 aromatic carbocycles. The molecular formula is C15H9Cl4NO2S.